The quantitative estimate of drug-likeness (QED) is 0.225. The first-order valence-electron chi connectivity index (χ1n) is 15.5. The first-order chi connectivity index (χ1) is 22.3. The number of halogens is 1. The highest BCUT2D eigenvalue weighted by Gasteiger charge is 2.27. The Morgan fingerprint density at radius 2 is 1.96 bits per heavy atom. The molecule has 0 saturated carbocycles. The van der Waals surface area contributed by atoms with Crippen molar-refractivity contribution in [3.63, 3.8) is 0 Å². The van der Waals surface area contributed by atoms with Crippen molar-refractivity contribution < 1.29 is 23.8 Å². The van der Waals surface area contributed by atoms with E-state index in [-0.39, 0.29) is 12.5 Å². The number of pyridine rings is 2. The van der Waals surface area contributed by atoms with Crippen LogP contribution in [0.5, 0.6) is 5.75 Å². The third kappa shape index (κ3) is 4.55. The molecule has 1 fully saturated rings. The number of aliphatic carboxylic acids is 1. The van der Waals surface area contributed by atoms with E-state index >= 15 is 4.39 Å². The predicted octanol–water partition coefficient (Wildman–Crippen LogP) is 6.60. The monoisotopic (exact) mass is 617 g/mol. The number of carboxylic acids is 1. The molecule has 0 unspecified atom stereocenters. The molecule has 4 aromatic heterocycles. The van der Waals surface area contributed by atoms with Crippen LogP contribution in [0.25, 0.3) is 55.6 Å². The summed E-state index contributed by atoms with van der Waals surface area (Å²) in [6, 6.07) is 13.9. The molecule has 0 amide bonds. The van der Waals surface area contributed by atoms with Crippen LogP contribution in [0.1, 0.15) is 34.8 Å². The van der Waals surface area contributed by atoms with E-state index in [1.54, 1.807) is 6.20 Å². The van der Waals surface area contributed by atoms with Gasteiger partial charge in [-0.15, -0.1) is 0 Å². The topological polar surface area (TPSA) is 104 Å². The van der Waals surface area contributed by atoms with Gasteiger partial charge in [0.25, 0.3) is 0 Å². The highest BCUT2D eigenvalue weighted by Crippen LogP contribution is 2.43. The van der Waals surface area contributed by atoms with Gasteiger partial charge in [0.15, 0.2) is 11.6 Å². The normalized spacial score (nSPS) is 14.8. The van der Waals surface area contributed by atoms with Gasteiger partial charge in [0.1, 0.15) is 5.65 Å². The van der Waals surface area contributed by atoms with Gasteiger partial charge in [-0.25, -0.2) is 9.37 Å². The van der Waals surface area contributed by atoms with Gasteiger partial charge in [0.2, 0.25) is 0 Å². The lowest BCUT2D eigenvalue weighted by molar-refractivity contribution is -0.136. The molecule has 1 N–H and O–H groups in total. The van der Waals surface area contributed by atoms with Crippen LogP contribution in [0.4, 0.5) is 4.39 Å². The van der Waals surface area contributed by atoms with E-state index in [0.717, 1.165) is 56.4 Å². The van der Waals surface area contributed by atoms with Crippen molar-refractivity contribution >= 4 is 27.9 Å². The lowest BCUT2D eigenvalue weighted by Crippen LogP contribution is -2.30. The molecular weight excluding hydrogens is 585 g/mol. The van der Waals surface area contributed by atoms with Crippen LogP contribution in [0.2, 0.25) is 0 Å². The summed E-state index contributed by atoms with van der Waals surface area (Å²) in [5.41, 5.74) is 9.50. The summed E-state index contributed by atoms with van der Waals surface area (Å²) in [5.74, 6) is -1.10. The van der Waals surface area contributed by atoms with Gasteiger partial charge in [-0.05, 0) is 85.3 Å². The fourth-order valence-electron chi connectivity index (χ4n) is 6.87. The van der Waals surface area contributed by atoms with Crippen molar-refractivity contribution in [1.82, 2.24) is 24.3 Å². The first kappa shape index (κ1) is 28.4. The minimum Gasteiger partial charge on any atom is -0.490 e. The van der Waals surface area contributed by atoms with Crippen molar-refractivity contribution in [3.8, 4) is 39.4 Å². The van der Waals surface area contributed by atoms with Crippen LogP contribution in [0, 0.1) is 19.7 Å². The highest BCUT2D eigenvalue weighted by atomic mass is 19.1. The minimum absolute atomic E-state index is 0.227. The first-order valence-corrected chi connectivity index (χ1v) is 15.5. The molecule has 6 aromatic rings. The number of carbonyl (C=O) groups is 1. The van der Waals surface area contributed by atoms with E-state index in [9.17, 15) is 9.90 Å². The molecule has 1 saturated heterocycles. The van der Waals surface area contributed by atoms with E-state index in [2.05, 4.69) is 12.3 Å². The molecule has 2 aromatic carbocycles. The number of rotatable bonds is 6. The van der Waals surface area contributed by atoms with Crippen LogP contribution >= 0.6 is 0 Å². The van der Waals surface area contributed by atoms with Crippen LogP contribution < -0.4 is 4.74 Å². The van der Waals surface area contributed by atoms with E-state index in [1.165, 1.54) is 6.07 Å². The minimum atomic E-state index is -0.969. The van der Waals surface area contributed by atoms with Gasteiger partial charge in [-0.2, -0.15) is 5.10 Å². The van der Waals surface area contributed by atoms with Crippen molar-refractivity contribution in [2.24, 2.45) is 7.05 Å². The number of benzene rings is 2. The average Bonchev–Trinajstić information content (AvgIpc) is 3.58. The fraction of sp³-hybridized carbons (Fsp3) is 0.278. The lowest BCUT2D eigenvalue weighted by Gasteiger charge is -2.25. The van der Waals surface area contributed by atoms with Crippen molar-refractivity contribution in [2.75, 3.05) is 19.8 Å². The number of carboxylic acid groups (broad SMARTS) is 1. The van der Waals surface area contributed by atoms with Crippen molar-refractivity contribution in [1.29, 1.82) is 0 Å². The van der Waals surface area contributed by atoms with Gasteiger partial charge in [0.05, 0.1) is 49.2 Å². The predicted molar refractivity (Wildman–Crippen MR) is 173 cm³/mol. The summed E-state index contributed by atoms with van der Waals surface area (Å²) in [7, 11) is 1.95. The molecule has 9 nitrogen and oxygen atoms in total. The number of fused-ring (bicyclic) bond motifs is 3. The summed E-state index contributed by atoms with van der Waals surface area (Å²) in [6.45, 7) is 5.63. The zero-order valence-electron chi connectivity index (χ0n) is 25.8. The summed E-state index contributed by atoms with van der Waals surface area (Å²) >= 11 is 0. The van der Waals surface area contributed by atoms with E-state index in [1.807, 2.05) is 60.5 Å². The second-order valence-electron chi connectivity index (χ2n) is 12.2. The Morgan fingerprint density at radius 3 is 2.74 bits per heavy atom. The van der Waals surface area contributed by atoms with E-state index in [0.29, 0.717) is 60.0 Å². The Kier molecular flexibility index (Phi) is 6.65. The van der Waals surface area contributed by atoms with Crippen LogP contribution in [0.3, 0.4) is 0 Å². The Hall–Kier alpha value is -5.09. The van der Waals surface area contributed by atoms with Gasteiger partial charge >= 0.3 is 5.97 Å². The standard InChI is InChI=1S/C36H32FN5O4/c1-19-25-5-4-10-46-35(25)29(37)13-26(19)34-27(15-33(43)44)20(2)39-36-28(34)14-32(41(36)3)22-8-9-38-31(12-22)21-6-7-30-23(11-21)16-42(40-30)24-17-45-18-24/h6-9,11-14,16,24H,4-5,10,15,17-18H2,1-3H3,(H,43,44). The fourth-order valence-corrected chi connectivity index (χ4v) is 6.87. The molecule has 0 aliphatic carbocycles. The van der Waals surface area contributed by atoms with Crippen LogP contribution in [0.15, 0.2) is 54.9 Å². The SMILES string of the molecule is Cc1nc2c(cc(-c3ccnc(-c4ccc5nn(C6COC6)cc5c4)c3)n2C)c(-c2cc(F)c3c(c2C)CCCO3)c1CC(=O)O. The largest absolute Gasteiger partial charge is 0.490 e. The molecule has 0 bridgehead atoms. The lowest BCUT2D eigenvalue weighted by atomic mass is 9.87. The Labute approximate surface area is 264 Å². The molecule has 2 aliphatic heterocycles. The summed E-state index contributed by atoms with van der Waals surface area (Å²) in [5, 5.41) is 16.4. The molecule has 0 spiro atoms. The van der Waals surface area contributed by atoms with Crippen molar-refractivity contribution in [3.05, 3.63) is 83.1 Å². The number of aromatic nitrogens is 5. The molecule has 10 heteroatoms. The van der Waals surface area contributed by atoms with Crippen LogP contribution in [-0.4, -0.2) is 55.2 Å². The Bertz CT molecular complexity index is 2210. The molecule has 0 radical (unpaired) electrons. The number of aryl methyl sites for hydroxylation is 2. The maximum atomic E-state index is 15.5. The Morgan fingerprint density at radius 1 is 1.11 bits per heavy atom. The smallest absolute Gasteiger partial charge is 0.307 e. The Balaban J connectivity index is 1.28. The third-order valence-electron chi connectivity index (χ3n) is 9.38. The molecule has 8 rings (SSSR count). The number of hydrogen-bond acceptors (Lipinski definition) is 6. The second kappa shape index (κ2) is 10.8. The van der Waals surface area contributed by atoms with Gasteiger partial charge in [-0.1, -0.05) is 6.07 Å². The summed E-state index contributed by atoms with van der Waals surface area (Å²) < 4.78 is 30.6. The molecular formula is C36H32FN5O4. The molecule has 2 aliphatic rings. The molecule has 46 heavy (non-hydrogen) atoms. The zero-order valence-corrected chi connectivity index (χ0v) is 25.8. The van der Waals surface area contributed by atoms with Gasteiger partial charge in [-0.3, -0.25) is 14.5 Å². The highest BCUT2D eigenvalue weighted by molar-refractivity contribution is 6.01. The molecule has 6 heterocycles. The number of nitrogens with zero attached hydrogens (tertiary/aromatic N) is 5. The van der Waals surface area contributed by atoms with E-state index in [4.69, 9.17) is 24.5 Å². The third-order valence-corrected chi connectivity index (χ3v) is 9.38. The summed E-state index contributed by atoms with van der Waals surface area (Å²) in [4.78, 5) is 21.7. The number of ether oxygens (including phenoxy) is 2. The molecule has 232 valence electrons. The second-order valence-corrected chi connectivity index (χ2v) is 12.2. The maximum Gasteiger partial charge on any atom is 0.307 e. The zero-order chi connectivity index (χ0) is 31.7. The number of hydrogen-bond donors (Lipinski definition) is 1. The molecule has 0 atom stereocenters. The van der Waals surface area contributed by atoms with Gasteiger partial charge < -0.3 is 19.1 Å². The van der Waals surface area contributed by atoms with Gasteiger partial charge in [0, 0.05) is 52.6 Å². The van der Waals surface area contributed by atoms with Crippen molar-refractivity contribution in [2.45, 2.75) is 39.2 Å². The summed E-state index contributed by atoms with van der Waals surface area (Å²) in [6.07, 6.45) is 5.12. The van der Waals surface area contributed by atoms with Crippen LogP contribution in [-0.2, 0) is 29.4 Å². The van der Waals surface area contributed by atoms with E-state index < -0.39 is 11.8 Å². The maximum absolute atomic E-state index is 15.5. The average molecular weight is 618 g/mol.